The van der Waals surface area contributed by atoms with Crippen LogP contribution in [0.25, 0.3) is 16.6 Å². The van der Waals surface area contributed by atoms with Gasteiger partial charge in [0.25, 0.3) is 5.56 Å². The Morgan fingerprint density at radius 1 is 0.951 bits per heavy atom. The Hall–Kier alpha value is -4.31. The van der Waals surface area contributed by atoms with Gasteiger partial charge in [0.2, 0.25) is 11.8 Å². The molecule has 0 radical (unpaired) electrons. The zero-order chi connectivity index (χ0) is 28.8. The van der Waals surface area contributed by atoms with Crippen molar-refractivity contribution in [3.63, 3.8) is 0 Å². The van der Waals surface area contributed by atoms with Gasteiger partial charge < -0.3 is 0 Å². The van der Waals surface area contributed by atoms with Crippen LogP contribution in [0.2, 0.25) is 0 Å². The van der Waals surface area contributed by atoms with Gasteiger partial charge in [-0.05, 0) is 48.7 Å². The number of amides is 2. The highest BCUT2D eigenvalue weighted by Crippen LogP contribution is 2.56. The Kier molecular flexibility index (Phi) is 5.38. The first-order valence-corrected chi connectivity index (χ1v) is 13.5. The number of aromatic nitrogens is 2. The van der Waals surface area contributed by atoms with Crippen LogP contribution in [0.3, 0.4) is 0 Å². The van der Waals surface area contributed by atoms with Crippen LogP contribution in [0.4, 0.5) is 18.9 Å². The number of carbonyl (C=O) groups excluding carboxylic acids is 2. The zero-order valence-corrected chi connectivity index (χ0v) is 22.1. The lowest BCUT2D eigenvalue weighted by Gasteiger charge is -2.32. The zero-order valence-electron chi connectivity index (χ0n) is 22.1. The second kappa shape index (κ2) is 8.59. The molecule has 4 aromatic rings. The maximum atomic E-state index is 14.4. The van der Waals surface area contributed by atoms with Crippen molar-refractivity contribution in [3.8, 4) is 5.69 Å². The minimum Gasteiger partial charge on any atom is -0.297 e. The predicted octanol–water partition coefficient (Wildman–Crippen LogP) is 4.79. The molecule has 7 rings (SSSR count). The summed E-state index contributed by atoms with van der Waals surface area (Å²) in [6, 6.07) is 17.9. The average molecular weight is 559 g/mol. The lowest BCUT2D eigenvalue weighted by molar-refractivity contribution is -0.137. The highest BCUT2D eigenvalue weighted by molar-refractivity contribution is 6.23. The smallest absolute Gasteiger partial charge is 0.297 e. The van der Waals surface area contributed by atoms with E-state index in [0.29, 0.717) is 34.4 Å². The predicted molar refractivity (Wildman–Crippen MR) is 145 cm³/mol. The van der Waals surface area contributed by atoms with Gasteiger partial charge in [-0.15, -0.1) is 0 Å². The van der Waals surface area contributed by atoms with Crippen molar-refractivity contribution >= 4 is 28.4 Å². The van der Waals surface area contributed by atoms with Gasteiger partial charge in [0.1, 0.15) is 11.4 Å². The molecule has 4 heterocycles. The molecule has 41 heavy (non-hydrogen) atoms. The number of benzene rings is 3. The molecule has 0 saturated carbocycles. The van der Waals surface area contributed by atoms with Crippen LogP contribution in [0, 0.1) is 17.8 Å². The quantitative estimate of drug-likeness (QED) is 0.366. The third-order valence-corrected chi connectivity index (χ3v) is 8.52. The second-order valence-corrected chi connectivity index (χ2v) is 11.4. The van der Waals surface area contributed by atoms with Crippen LogP contribution in [0.5, 0.6) is 0 Å². The van der Waals surface area contributed by atoms with Crippen LogP contribution >= 0.6 is 0 Å². The van der Waals surface area contributed by atoms with Gasteiger partial charge in [0.15, 0.2) is 0 Å². The number of fused-ring (bicyclic) bond motifs is 8. The number of nitrogens with zero attached hydrogens (tertiary/aromatic N) is 3. The number of imide groups is 1. The summed E-state index contributed by atoms with van der Waals surface area (Å²) >= 11 is 0. The molecule has 3 aliphatic rings. The van der Waals surface area contributed by atoms with E-state index in [2.05, 4.69) is 5.32 Å². The Morgan fingerprint density at radius 2 is 1.68 bits per heavy atom. The van der Waals surface area contributed by atoms with E-state index in [4.69, 9.17) is 4.98 Å². The lowest BCUT2D eigenvalue weighted by Crippen LogP contribution is -2.50. The van der Waals surface area contributed by atoms with Crippen molar-refractivity contribution in [1.29, 1.82) is 0 Å². The van der Waals surface area contributed by atoms with Gasteiger partial charge in [0.05, 0.1) is 39.7 Å². The molecule has 2 amide bonds. The monoisotopic (exact) mass is 558 g/mol. The van der Waals surface area contributed by atoms with Gasteiger partial charge >= 0.3 is 6.18 Å². The summed E-state index contributed by atoms with van der Waals surface area (Å²) in [6.45, 7) is 4.00. The van der Waals surface area contributed by atoms with Crippen molar-refractivity contribution in [3.05, 3.63) is 100 Å². The first-order valence-electron chi connectivity index (χ1n) is 13.5. The topological polar surface area (TPSA) is 84.3 Å². The van der Waals surface area contributed by atoms with E-state index in [9.17, 15) is 27.6 Å². The van der Waals surface area contributed by atoms with E-state index in [0.717, 1.165) is 17.0 Å². The third-order valence-electron chi connectivity index (χ3n) is 8.52. The van der Waals surface area contributed by atoms with Gasteiger partial charge in [0, 0.05) is 11.6 Å². The van der Waals surface area contributed by atoms with Crippen molar-refractivity contribution in [2.75, 3.05) is 4.90 Å². The summed E-state index contributed by atoms with van der Waals surface area (Å²) in [5, 5.41) is 4.01. The molecule has 0 unspecified atom stereocenters. The Bertz CT molecular complexity index is 1830. The van der Waals surface area contributed by atoms with E-state index in [1.54, 1.807) is 42.5 Å². The first kappa shape index (κ1) is 25.6. The third kappa shape index (κ3) is 3.43. The molecule has 208 valence electrons. The normalized spacial score (nSPS) is 24.9. The molecule has 1 spiro atoms. The molecule has 2 fully saturated rings. The van der Waals surface area contributed by atoms with Crippen LogP contribution in [-0.4, -0.2) is 27.4 Å². The van der Waals surface area contributed by atoms with Crippen molar-refractivity contribution in [2.45, 2.75) is 38.0 Å². The lowest BCUT2D eigenvalue weighted by atomic mass is 9.75. The molecular formula is C31H25F3N4O3. The molecule has 1 N–H and O–H groups in total. The van der Waals surface area contributed by atoms with E-state index in [-0.39, 0.29) is 17.2 Å². The summed E-state index contributed by atoms with van der Waals surface area (Å²) in [4.78, 5) is 48.1. The van der Waals surface area contributed by atoms with Crippen molar-refractivity contribution in [2.24, 2.45) is 17.8 Å². The van der Waals surface area contributed by atoms with Crippen LogP contribution in [0.1, 0.15) is 37.2 Å². The van der Waals surface area contributed by atoms with Crippen LogP contribution in [0.15, 0.2) is 77.6 Å². The number of alkyl halides is 3. The molecule has 1 aromatic heterocycles. The number of anilines is 1. The number of hydrogen-bond donors (Lipinski definition) is 1. The molecular weight excluding hydrogens is 533 g/mol. The number of hydrogen-bond acceptors (Lipinski definition) is 5. The van der Waals surface area contributed by atoms with Crippen LogP contribution < -0.4 is 15.8 Å². The first-order chi connectivity index (χ1) is 19.5. The molecule has 3 aromatic carbocycles. The fourth-order valence-electron chi connectivity index (χ4n) is 7.01. The maximum Gasteiger partial charge on any atom is 0.416 e. The summed E-state index contributed by atoms with van der Waals surface area (Å²) in [5.41, 5.74) is -1.07. The number of halogens is 3. The highest BCUT2D eigenvalue weighted by atomic mass is 19.4. The Morgan fingerprint density at radius 3 is 2.44 bits per heavy atom. The van der Waals surface area contributed by atoms with Gasteiger partial charge in [-0.1, -0.05) is 50.2 Å². The Labute approximate surface area is 232 Å². The minimum atomic E-state index is -4.64. The molecule has 10 heteroatoms. The van der Waals surface area contributed by atoms with E-state index in [1.807, 2.05) is 19.9 Å². The van der Waals surface area contributed by atoms with Gasteiger partial charge in [-0.2, -0.15) is 13.2 Å². The van der Waals surface area contributed by atoms with Gasteiger partial charge in [-0.25, -0.2) is 9.88 Å². The second-order valence-electron chi connectivity index (χ2n) is 11.4. The summed E-state index contributed by atoms with van der Waals surface area (Å²) in [6.07, 6.45) is -4.12. The SMILES string of the molecule is CC(C)C[C@@H]1N[C@@]2(c3ccccc3-n3c2nc2ccccc2c3=O)[C@H]2C(=O)N(c3cccc(C(F)(F)F)c3)C(=O)[C@@H]12. The molecule has 3 aliphatic heterocycles. The highest BCUT2D eigenvalue weighted by Gasteiger charge is 2.69. The van der Waals surface area contributed by atoms with E-state index in [1.165, 1.54) is 16.7 Å². The fraction of sp³-hybridized carbons (Fsp3) is 0.290. The minimum absolute atomic E-state index is 0.127. The van der Waals surface area contributed by atoms with E-state index < -0.39 is 47.0 Å². The van der Waals surface area contributed by atoms with Crippen molar-refractivity contribution < 1.29 is 22.8 Å². The number of rotatable bonds is 3. The maximum absolute atomic E-state index is 14.4. The standard InChI is InChI=1S/C31H25F3N4O3/c1-16(2)14-22-24-25(28(41)37(27(24)40)18-9-7-8-17(15-18)31(32,33)34)30(36-22)20-11-4-6-13-23(20)38-26(39)19-10-3-5-12-21(19)35-29(30)38/h3-13,15-16,22,24-25,36H,14H2,1-2H3/t22-,24-,25+,30-/m0/s1. The largest absolute Gasteiger partial charge is 0.416 e. The molecule has 0 bridgehead atoms. The van der Waals surface area contributed by atoms with E-state index >= 15 is 0 Å². The number of nitrogens with one attached hydrogen (secondary N) is 1. The Balaban J connectivity index is 1.49. The van der Waals surface area contributed by atoms with Gasteiger partial charge in [-0.3, -0.25) is 24.3 Å². The summed E-state index contributed by atoms with van der Waals surface area (Å²) in [7, 11) is 0. The molecule has 4 atom stereocenters. The molecule has 0 aliphatic carbocycles. The number of para-hydroxylation sites is 2. The van der Waals surface area contributed by atoms with Crippen LogP contribution in [-0.2, 0) is 21.3 Å². The summed E-state index contributed by atoms with van der Waals surface area (Å²) < 4.78 is 42.3. The molecule has 2 saturated heterocycles. The molecule has 7 nitrogen and oxygen atoms in total. The summed E-state index contributed by atoms with van der Waals surface area (Å²) in [5.74, 6) is -2.65. The average Bonchev–Trinajstić information content (AvgIpc) is 3.51. The number of carbonyl (C=O) groups is 2. The van der Waals surface area contributed by atoms with Crippen molar-refractivity contribution in [1.82, 2.24) is 14.9 Å². The fourth-order valence-corrected chi connectivity index (χ4v) is 7.01.